The predicted octanol–water partition coefficient (Wildman–Crippen LogP) is 1.26. The van der Waals surface area contributed by atoms with Gasteiger partial charge in [0.25, 0.3) is 0 Å². The highest BCUT2D eigenvalue weighted by Crippen LogP contribution is 2.17. The van der Waals surface area contributed by atoms with Crippen LogP contribution < -0.4 is 10.6 Å². The Morgan fingerprint density at radius 3 is 2.85 bits per heavy atom. The van der Waals surface area contributed by atoms with Crippen LogP contribution in [0.15, 0.2) is 24.3 Å². The Balaban J connectivity index is 2.76. The van der Waals surface area contributed by atoms with E-state index in [0.29, 0.717) is 5.02 Å². The molecular weight excluding hydrogens is 188 g/mol. The van der Waals surface area contributed by atoms with Gasteiger partial charge in [-0.05, 0) is 18.2 Å². The van der Waals surface area contributed by atoms with Gasteiger partial charge in [0.15, 0.2) is 0 Å². The maximum Gasteiger partial charge on any atom is 0.236 e. The van der Waals surface area contributed by atoms with E-state index < -0.39 is 0 Å². The van der Waals surface area contributed by atoms with Crippen LogP contribution in [-0.2, 0) is 4.79 Å². The van der Waals surface area contributed by atoms with Crippen LogP contribution in [0.3, 0.4) is 0 Å². The molecule has 0 unspecified atom stereocenters. The summed E-state index contributed by atoms with van der Waals surface area (Å²) in [5.74, 6) is -0.359. The van der Waals surface area contributed by atoms with Crippen molar-refractivity contribution in [1.82, 2.24) is 0 Å². The molecule has 2 N–H and O–H groups in total. The predicted molar refractivity (Wildman–Crippen MR) is 53.9 cm³/mol. The van der Waals surface area contributed by atoms with Crippen LogP contribution in [0.1, 0.15) is 0 Å². The van der Waals surface area contributed by atoms with Gasteiger partial charge in [0.05, 0.1) is 6.54 Å². The average molecular weight is 199 g/mol. The number of benzene rings is 1. The van der Waals surface area contributed by atoms with E-state index in [2.05, 4.69) is 0 Å². The van der Waals surface area contributed by atoms with Crippen LogP contribution in [0, 0.1) is 0 Å². The first-order chi connectivity index (χ1) is 6.09. The Labute approximate surface area is 82.1 Å². The van der Waals surface area contributed by atoms with Gasteiger partial charge in [-0.25, -0.2) is 0 Å². The molecule has 1 aromatic rings. The summed E-state index contributed by atoms with van der Waals surface area (Å²) in [4.78, 5) is 12.4. The number of hydrogen-bond donors (Lipinski definition) is 1. The van der Waals surface area contributed by atoms with Crippen LogP contribution in [0.5, 0.6) is 0 Å². The number of nitrogens with zero attached hydrogens (tertiary/aromatic N) is 1. The first-order valence-electron chi connectivity index (χ1n) is 3.84. The lowest BCUT2D eigenvalue weighted by Gasteiger charge is -2.16. The molecule has 0 aromatic heterocycles. The fraction of sp³-hybridized carbons (Fsp3) is 0.222. The van der Waals surface area contributed by atoms with E-state index in [0.717, 1.165) is 5.69 Å². The standard InChI is InChI=1S/C9H11ClN2O/c1-12(6-9(11)13)8-4-2-3-7(10)5-8/h2-5H,6H2,1H3,(H2,11,13). The van der Waals surface area contributed by atoms with Crippen molar-refractivity contribution in [3.63, 3.8) is 0 Å². The first kappa shape index (κ1) is 9.86. The molecule has 1 rings (SSSR count). The Bertz CT molecular complexity index is 314. The van der Waals surface area contributed by atoms with Gasteiger partial charge in [-0.3, -0.25) is 4.79 Å². The number of nitrogens with two attached hydrogens (primary N) is 1. The maximum atomic E-state index is 10.6. The molecule has 0 fully saturated rings. The number of likely N-dealkylation sites (N-methyl/N-ethyl adjacent to an activating group) is 1. The zero-order chi connectivity index (χ0) is 9.84. The van der Waals surface area contributed by atoms with Crippen molar-refractivity contribution < 1.29 is 4.79 Å². The van der Waals surface area contributed by atoms with Gasteiger partial charge in [0, 0.05) is 17.8 Å². The van der Waals surface area contributed by atoms with Gasteiger partial charge in [-0.1, -0.05) is 17.7 Å². The van der Waals surface area contributed by atoms with Crippen molar-refractivity contribution in [2.75, 3.05) is 18.5 Å². The Kier molecular flexibility index (Phi) is 3.14. The number of amides is 1. The molecule has 70 valence electrons. The van der Waals surface area contributed by atoms with E-state index in [-0.39, 0.29) is 12.5 Å². The van der Waals surface area contributed by atoms with Gasteiger partial charge in [-0.15, -0.1) is 0 Å². The van der Waals surface area contributed by atoms with Crippen molar-refractivity contribution in [2.45, 2.75) is 0 Å². The molecule has 0 bridgehead atoms. The molecule has 0 saturated carbocycles. The molecule has 0 aliphatic rings. The van der Waals surface area contributed by atoms with Crippen molar-refractivity contribution >= 4 is 23.2 Å². The van der Waals surface area contributed by atoms with Crippen LogP contribution >= 0.6 is 11.6 Å². The number of anilines is 1. The highest BCUT2D eigenvalue weighted by atomic mass is 35.5. The zero-order valence-electron chi connectivity index (χ0n) is 7.33. The molecule has 0 radical (unpaired) electrons. The highest BCUT2D eigenvalue weighted by molar-refractivity contribution is 6.30. The molecule has 0 aliphatic heterocycles. The van der Waals surface area contributed by atoms with Gasteiger partial charge in [0.1, 0.15) is 0 Å². The van der Waals surface area contributed by atoms with Gasteiger partial charge in [0.2, 0.25) is 5.91 Å². The maximum absolute atomic E-state index is 10.6. The summed E-state index contributed by atoms with van der Waals surface area (Å²) in [6, 6.07) is 7.26. The second-order valence-corrected chi connectivity index (χ2v) is 3.24. The van der Waals surface area contributed by atoms with E-state index >= 15 is 0 Å². The summed E-state index contributed by atoms with van der Waals surface area (Å²) in [5, 5.41) is 0.647. The summed E-state index contributed by atoms with van der Waals surface area (Å²) in [6.07, 6.45) is 0. The molecule has 0 saturated heterocycles. The van der Waals surface area contributed by atoms with Crippen LogP contribution in [0.2, 0.25) is 5.02 Å². The molecule has 0 heterocycles. The zero-order valence-corrected chi connectivity index (χ0v) is 8.08. The van der Waals surface area contributed by atoms with Gasteiger partial charge < -0.3 is 10.6 Å². The van der Waals surface area contributed by atoms with E-state index in [1.807, 2.05) is 12.1 Å². The molecule has 0 aliphatic carbocycles. The lowest BCUT2D eigenvalue weighted by molar-refractivity contribution is -0.116. The Morgan fingerprint density at radius 1 is 1.62 bits per heavy atom. The first-order valence-corrected chi connectivity index (χ1v) is 4.22. The fourth-order valence-electron chi connectivity index (χ4n) is 1.04. The largest absolute Gasteiger partial charge is 0.368 e. The number of rotatable bonds is 3. The molecule has 0 atom stereocenters. The van der Waals surface area contributed by atoms with Gasteiger partial charge >= 0.3 is 0 Å². The highest BCUT2D eigenvalue weighted by Gasteiger charge is 2.03. The van der Waals surface area contributed by atoms with Crippen molar-refractivity contribution in [2.24, 2.45) is 5.73 Å². The number of primary amides is 1. The second-order valence-electron chi connectivity index (χ2n) is 2.80. The summed E-state index contributed by atoms with van der Waals surface area (Å²) >= 11 is 5.78. The number of hydrogen-bond acceptors (Lipinski definition) is 2. The van der Waals surface area contributed by atoms with Crippen LogP contribution in [0.25, 0.3) is 0 Å². The molecular formula is C9H11ClN2O. The van der Waals surface area contributed by atoms with Crippen molar-refractivity contribution in [3.8, 4) is 0 Å². The average Bonchev–Trinajstić information content (AvgIpc) is 2.03. The van der Waals surface area contributed by atoms with E-state index in [1.54, 1.807) is 24.1 Å². The minimum absolute atomic E-state index is 0.195. The molecule has 1 aromatic carbocycles. The fourth-order valence-corrected chi connectivity index (χ4v) is 1.22. The Morgan fingerprint density at radius 2 is 2.31 bits per heavy atom. The van der Waals surface area contributed by atoms with E-state index in [9.17, 15) is 4.79 Å². The van der Waals surface area contributed by atoms with E-state index in [4.69, 9.17) is 17.3 Å². The molecule has 13 heavy (non-hydrogen) atoms. The summed E-state index contributed by atoms with van der Waals surface area (Å²) in [7, 11) is 1.79. The van der Waals surface area contributed by atoms with Crippen LogP contribution in [-0.4, -0.2) is 19.5 Å². The van der Waals surface area contributed by atoms with Crippen LogP contribution in [0.4, 0.5) is 5.69 Å². The molecule has 4 heteroatoms. The third-order valence-corrected chi connectivity index (χ3v) is 1.88. The minimum Gasteiger partial charge on any atom is -0.368 e. The summed E-state index contributed by atoms with van der Waals surface area (Å²) < 4.78 is 0. The summed E-state index contributed by atoms with van der Waals surface area (Å²) in [6.45, 7) is 0.195. The van der Waals surface area contributed by atoms with Crippen molar-refractivity contribution in [3.05, 3.63) is 29.3 Å². The smallest absolute Gasteiger partial charge is 0.236 e. The van der Waals surface area contributed by atoms with E-state index in [1.165, 1.54) is 0 Å². The second kappa shape index (κ2) is 4.14. The number of carbonyl (C=O) groups is 1. The number of carbonyl (C=O) groups excluding carboxylic acids is 1. The summed E-state index contributed by atoms with van der Waals surface area (Å²) in [5.41, 5.74) is 5.94. The van der Waals surface area contributed by atoms with Gasteiger partial charge in [-0.2, -0.15) is 0 Å². The SMILES string of the molecule is CN(CC(N)=O)c1cccc(Cl)c1. The molecule has 1 amide bonds. The third kappa shape index (κ3) is 2.95. The topological polar surface area (TPSA) is 46.3 Å². The molecule has 0 spiro atoms. The monoisotopic (exact) mass is 198 g/mol. The normalized spacial score (nSPS) is 9.69. The Hall–Kier alpha value is -1.22. The lowest BCUT2D eigenvalue weighted by Crippen LogP contribution is -2.30. The number of halogens is 1. The minimum atomic E-state index is -0.359. The quantitative estimate of drug-likeness (QED) is 0.795. The third-order valence-electron chi connectivity index (χ3n) is 1.64. The lowest BCUT2D eigenvalue weighted by atomic mass is 10.3. The van der Waals surface area contributed by atoms with Crippen molar-refractivity contribution in [1.29, 1.82) is 0 Å². The molecule has 3 nitrogen and oxygen atoms in total.